The van der Waals surface area contributed by atoms with E-state index in [0.717, 1.165) is 4.88 Å². The number of oxime groups is 1. The zero-order chi connectivity index (χ0) is 25.1. The fraction of sp³-hybridized carbons (Fsp3) is 0.304. The van der Waals surface area contributed by atoms with Crippen molar-refractivity contribution >= 4 is 37.9 Å². The lowest BCUT2D eigenvalue weighted by Crippen LogP contribution is -2.24. The van der Waals surface area contributed by atoms with Crippen molar-refractivity contribution in [1.29, 1.82) is 0 Å². The number of pyridine rings is 1. The highest BCUT2D eigenvalue weighted by atomic mass is 32.2. The Kier molecular flexibility index (Phi) is 9.85. The van der Waals surface area contributed by atoms with Crippen LogP contribution in [0.2, 0.25) is 0 Å². The lowest BCUT2D eigenvalue weighted by atomic mass is 10.1. The molecule has 0 fully saturated rings. The molecule has 0 saturated heterocycles. The van der Waals surface area contributed by atoms with Crippen LogP contribution in [0.4, 0.5) is 5.13 Å². The zero-order valence-electron chi connectivity index (χ0n) is 19.3. The molecule has 0 saturated carbocycles. The minimum absolute atomic E-state index is 0.0345. The number of carbonyl (C=O) groups excluding carboxylic acids is 1. The summed E-state index contributed by atoms with van der Waals surface area (Å²) in [5.41, 5.74) is 0.985. The number of nitrogens with one attached hydrogen (secondary N) is 1. The van der Waals surface area contributed by atoms with Gasteiger partial charge in [0, 0.05) is 38.8 Å². The summed E-state index contributed by atoms with van der Waals surface area (Å²) >= 11 is 1.27. The van der Waals surface area contributed by atoms with Crippen molar-refractivity contribution in [1.82, 2.24) is 9.97 Å². The number of hydrogen-bond acceptors (Lipinski definition) is 10. The third-order valence-electron chi connectivity index (χ3n) is 4.62. The van der Waals surface area contributed by atoms with Gasteiger partial charge in [0.2, 0.25) is 0 Å². The topological polar surface area (TPSA) is 129 Å². The predicted octanol–water partition coefficient (Wildman–Crippen LogP) is 3.05. The van der Waals surface area contributed by atoms with Gasteiger partial charge in [-0.15, -0.1) is 0 Å². The lowest BCUT2D eigenvalue weighted by Gasteiger charge is -2.09. The number of carbonyl (C=O) groups is 1. The van der Waals surface area contributed by atoms with E-state index < -0.39 is 15.7 Å². The highest BCUT2D eigenvalue weighted by Crippen LogP contribution is 2.20. The van der Waals surface area contributed by atoms with E-state index in [9.17, 15) is 13.2 Å². The number of amides is 1. The standard InChI is InChI=1S/C23H26N4O6S2/c1-31-12-5-13-35(29,30)20-9-7-17(8-10-20)21(27-33-15-18-6-3-4-11-24-18)22(28)26-23-25-14-19(34-23)16-32-2/h3-4,6-11,14H,5,12-13,15-16H2,1-2H3,(H,25,26,28). The highest BCUT2D eigenvalue weighted by Gasteiger charge is 2.20. The first-order valence-corrected chi connectivity index (χ1v) is 13.1. The van der Waals surface area contributed by atoms with Crippen LogP contribution in [0.25, 0.3) is 0 Å². The van der Waals surface area contributed by atoms with E-state index in [-0.39, 0.29) is 23.0 Å². The molecule has 0 bridgehead atoms. The normalized spacial score (nSPS) is 11.9. The Balaban J connectivity index is 1.81. The molecule has 0 radical (unpaired) electrons. The smallest absolute Gasteiger partial charge is 0.280 e. The third-order valence-corrected chi connectivity index (χ3v) is 7.32. The molecule has 0 atom stereocenters. The van der Waals surface area contributed by atoms with Crippen molar-refractivity contribution in [3.05, 3.63) is 71.0 Å². The maximum absolute atomic E-state index is 13.0. The largest absolute Gasteiger partial charge is 0.389 e. The molecule has 0 aliphatic rings. The lowest BCUT2D eigenvalue weighted by molar-refractivity contribution is -0.110. The maximum Gasteiger partial charge on any atom is 0.280 e. The van der Waals surface area contributed by atoms with Gasteiger partial charge in [0.15, 0.2) is 27.3 Å². The molecule has 0 spiro atoms. The molecule has 10 nitrogen and oxygen atoms in total. The molecule has 2 aromatic heterocycles. The second-order valence-corrected chi connectivity index (χ2v) is 10.5. The average Bonchev–Trinajstić information content (AvgIpc) is 3.29. The summed E-state index contributed by atoms with van der Waals surface area (Å²) in [4.78, 5) is 27.8. The van der Waals surface area contributed by atoms with Gasteiger partial charge in [0.05, 0.1) is 27.8 Å². The van der Waals surface area contributed by atoms with Crippen molar-refractivity contribution in [2.75, 3.05) is 31.9 Å². The van der Waals surface area contributed by atoms with Crippen molar-refractivity contribution in [2.45, 2.75) is 24.5 Å². The van der Waals surface area contributed by atoms with Crippen molar-refractivity contribution in [3.8, 4) is 0 Å². The third kappa shape index (κ3) is 7.92. The minimum atomic E-state index is -3.48. The van der Waals surface area contributed by atoms with Crippen LogP contribution in [-0.4, -0.2) is 56.6 Å². The number of nitrogens with zero attached hydrogens (tertiary/aromatic N) is 3. The number of ether oxygens (including phenoxy) is 2. The monoisotopic (exact) mass is 518 g/mol. The first kappa shape index (κ1) is 26.4. The molecule has 1 aromatic carbocycles. The highest BCUT2D eigenvalue weighted by molar-refractivity contribution is 7.91. The van der Waals surface area contributed by atoms with Crippen LogP contribution in [0.5, 0.6) is 0 Å². The molecule has 3 rings (SSSR count). The van der Waals surface area contributed by atoms with Crippen LogP contribution in [0.3, 0.4) is 0 Å². The van der Waals surface area contributed by atoms with E-state index in [0.29, 0.717) is 36.0 Å². The van der Waals surface area contributed by atoms with Gasteiger partial charge in [-0.3, -0.25) is 15.1 Å². The van der Waals surface area contributed by atoms with E-state index >= 15 is 0 Å². The van der Waals surface area contributed by atoms with E-state index in [2.05, 4.69) is 20.4 Å². The summed E-state index contributed by atoms with van der Waals surface area (Å²) < 4.78 is 35.1. The van der Waals surface area contributed by atoms with Crippen LogP contribution >= 0.6 is 11.3 Å². The summed E-state index contributed by atoms with van der Waals surface area (Å²) in [7, 11) is -0.386. The van der Waals surface area contributed by atoms with Gasteiger partial charge >= 0.3 is 0 Å². The Morgan fingerprint density at radius 1 is 1.06 bits per heavy atom. The molecule has 35 heavy (non-hydrogen) atoms. The Hall–Kier alpha value is -3.19. The fourth-order valence-corrected chi connectivity index (χ4v) is 5.00. The summed E-state index contributed by atoms with van der Waals surface area (Å²) in [6.45, 7) is 0.783. The van der Waals surface area contributed by atoms with Crippen LogP contribution < -0.4 is 5.32 Å². The second-order valence-electron chi connectivity index (χ2n) is 7.24. The zero-order valence-corrected chi connectivity index (χ0v) is 21.0. The fourth-order valence-electron chi connectivity index (χ4n) is 2.93. The van der Waals surface area contributed by atoms with Gasteiger partial charge in [-0.25, -0.2) is 13.4 Å². The van der Waals surface area contributed by atoms with Gasteiger partial charge in [-0.1, -0.05) is 34.7 Å². The average molecular weight is 519 g/mol. The maximum atomic E-state index is 13.0. The molecular formula is C23H26N4O6S2. The number of anilines is 1. The van der Waals surface area contributed by atoms with Gasteiger partial charge in [0.1, 0.15) is 0 Å². The first-order chi connectivity index (χ1) is 16.9. The molecule has 1 amide bonds. The number of hydrogen-bond donors (Lipinski definition) is 1. The Bertz CT molecular complexity index is 1230. The SMILES string of the molecule is COCCCS(=O)(=O)c1ccc(C(=NOCc2ccccn2)C(=O)Nc2ncc(COC)s2)cc1. The van der Waals surface area contributed by atoms with Crippen LogP contribution in [0, 0.1) is 0 Å². The van der Waals surface area contributed by atoms with E-state index in [1.807, 2.05) is 6.07 Å². The minimum Gasteiger partial charge on any atom is -0.389 e. The number of methoxy groups -OCH3 is 2. The van der Waals surface area contributed by atoms with Gasteiger partial charge < -0.3 is 14.3 Å². The molecule has 0 aliphatic heterocycles. The Morgan fingerprint density at radius 2 is 1.86 bits per heavy atom. The van der Waals surface area contributed by atoms with E-state index in [1.54, 1.807) is 31.6 Å². The number of aromatic nitrogens is 2. The molecule has 1 N–H and O–H groups in total. The summed E-state index contributed by atoms with van der Waals surface area (Å²) in [5, 5.41) is 7.11. The van der Waals surface area contributed by atoms with Crippen LogP contribution in [0.15, 0.2) is 64.9 Å². The van der Waals surface area contributed by atoms with Crippen LogP contribution in [0.1, 0.15) is 22.6 Å². The summed E-state index contributed by atoms with van der Waals surface area (Å²) in [6.07, 6.45) is 3.62. The molecule has 12 heteroatoms. The van der Waals surface area contributed by atoms with E-state index in [1.165, 1.54) is 42.7 Å². The number of rotatable bonds is 13. The van der Waals surface area contributed by atoms with E-state index in [4.69, 9.17) is 14.3 Å². The van der Waals surface area contributed by atoms with Crippen molar-refractivity contribution < 1.29 is 27.5 Å². The van der Waals surface area contributed by atoms with Crippen LogP contribution in [-0.2, 0) is 42.2 Å². The quantitative estimate of drug-likeness (QED) is 0.208. The number of benzene rings is 1. The van der Waals surface area contributed by atoms with Gasteiger partial charge in [-0.05, 0) is 30.7 Å². The van der Waals surface area contributed by atoms with Gasteiger partial charge in [-0.2, -0.15) is 0 Å². The molecule has 3 aromatic rings. The summed E-state index contributed by atoms with van der Waals surface area (Å²) in [6, 6.07) is 11.3. The number of thiazole rings is 1. The van der Waals surface area contributed by atoms with Crippen molar-refractivity contribution in [3.63, 3.8) is 0 Å². The van der Waals surface area contributed by atoms with Gasteiger partial charge in [0.25, 0.3) is 5.91 Å². The second kappa shape index (κ2) is 13.0. The predicted molar refractivity (Wildman–Crippen MR) is 132 cm³/mol. The Labute approximate surface area is 207 Å². The molecule has 2 heterocycles. The first-order valence-electron chi connectivity index (χ1n) is 10.6. The molecule has 0 aliphatic carbocycles. The molecule has 186 valence electrons. The van der Waals surface area contributed by atoms with Crippen molar-refractivity contribution in [2.24, 2.45) is 5.16 Å². The molecular weight excluding hydrogens is 492 g/mol. The number of sulfone groups is 1. The molecule has 0 unspecified atom stereocenters. The summed E-state index contributed by atoms with van der Waals surface area (Å²) in [5.74, 6) is -0.595. The Morgan fingerprint density at radius 3 is 2.54 bits per heavy atom.